The quantitative estimate of drug-likeness (QED) is 0.675. The molecule has 94 valence electrons. The number of amides is 1. The Morgan fingerprint density at radius 2 is 2.33 bits per heavy atom. The zero-order valence-corrected chi connectivity index (χ0v) is 9.33. The largest absolute Gasteiger partial charge is 0.476 e. The molecule has 8 heteroatoms. The topological polar surface area (TPSA) is 113 Å². The molecule has 2 aromatic heterocycles. The van der Waals surface area contributed by atoms with Crippen LogP contribution in [0.25, 0.3) is 0 Å². The molecule has 0 saturated carbocycles. The van der Waals surface area contributed by atoms with E-state index in [0.717, 1.165) is 0 Å². The smallest absolute Gasteiger partial charge is 0.356 e. The van der Waals surface area contributed by atoms with Gasteiger partial charge in [-0.1, -0.05) is 0 Å². The minimum atomic E-state index is -1.07. The maximum atomic E-state index is 11.5. The second-order valence-electron chi connectivity index (χ2n) is 3.52. The molecule has 0 aromatic carbocycles. The number of hydrogen-bond donors (Lipinski definition) is 3. The van der Waals surface area contributed by atoms with Crippen molar-refractivity contribution in [2.45, 2.75) is 6.54 Å². The van der Waals surface area contributed by atoms with Gasteiger partial charge >= 0.3 is 5.97 Å². The third kappa shape index (κ3) is 2.73. The Morgan fingerprint density at radius 3 is 2.94 bits per heavy atom. The summed E-state index contributed by atoms with van der Waals surface area (Å²) in [5.74, 6) is -1.33. The van der Waals surface area contributed by atoms with E-state index in [1.165, 1.54) is 25.0 Å². The molecular formula is C10H11N5O3. The lowest BCUT2D eigenvalue weighted by molar-refractivity contribution is 0.0690. The fourth-order valence-corrected chi connectivity index (χ4v) is 1.37. The Hall–Kier alpha value is -2.64. The van der Waals surface area contributed by atoms with Crippen molar-refractivity contribution in [3.05, 3.63) is 36.4 Å². The Labute approximate surface area is 102 Å². The van der Waals surface area contributed by atoms with E-state index >= 15 is 0 Å². The zero-order chi connectivity index (χ0) is 13.0. The van der Waals surface area contributed by atoms with Gasteiger partial charge in [-0.25, -0.2) is 14.8 Å². The Balaban J connectivity index is 1.81. The number of nitrogens with zero attached hydrogens (tertiary/aromatic N) is 3. The number of hydrogen-bond acceptors (Lipinski definition) is 4. The van der Waals surface area contributed by atoms with Crippen molar-refractivity contribution in [1.82, 2.24) is 24.8 Å². The van der Waals surface area contributed by atoms with Gasteiger partial charge in [-0.15, -0.1) is 0 Å². The van der Waals surface area contributed by atoms with E-state index in [2.05, 4.69) is 20.3 Å². The van der Waals surface area contributed by atoms with Gasteiger partial charge in [0, 0.05) is 19.3 Å². The van der Waals surface area contributed by atoms with Crippen LogP contribution in [0.5, 0.6) is 0 Å². The Morgan fingerprint density at radius 1 is 1.50 bits per heavy atom. The molecule has 0 fully saturated rings. The molecule has 18 heavy (non-hydrogen) atoms. The highest BCUT2D eigenvalue weighted by Gasteiger charge is 2.07. The summed E-state index contributed by atoms with van der Waals surface area (Å²) in [6, 6.07) is 0. The third-order valence-electron chi connectivity index (χ3n) is 2.25. The zero-order valence-electron chi connectivity index (χ0n) is 9.33. The summed E-state index contributed by atoms with van der Waals surface area (Å²) in [7, 11) is 0. The average molecular weight is 249 g/mol. The maximum absolute atomic E-state index is 11.5. The molecule has 2 aromatic rings. The van der Waals surface area contributed by atoms with Gasteiger partial charge in [-0.3, -0.25) is 4.79 Å². The number of aromatic amines is 1. The lowest BCUT2D eigenvalue weighted by Crippen LogP contribution is -2.27. The first-order valence-corrected chi connectivity index (χ1v) is 5.18. The molecule has 0 atom stereocenters. The van der Waals surface area contributed by atoms with Gasteiger partial charge in [-0.05, 0) is 0 Å². The van der Waals surface area contributed by atoms with Crippen molar-refractivity contribution in [1.29, 1.82) is 0 Å². The van der Waals surface area contributed by atoms with Crippen molar-refractivity contribution < 1.29 is 14.7 Å². The molecule has 0 radical (unpaired) electrons. The number of carboxylic acids is 1. The van der Waals surface area contributed by atoms with Gasteiger partial charge in [0.15, 0.2) is 5.69 Å². The molecule has 2 rings (SSSR count). The van der Waals surface area contributed by atoms with Crippen LogP contribution in [-0.2, 0) is 6.54 Å². The predicted molar refractivity (Wildman–Crippen MR) is 60.1 cm³/mol. The molecule has 0 unspecified atom stereocenters. The minimum Gasteiger partial charge on any atom is -0.476 e. The number of carbonyl (C=O) groups is 2. The van der Waals surface area contributed by atoms with Crippen molar-refractivity contribution in [2.75, 3.05) is 6.54 Å². The number of imidazole rings is 2. The SMILES string of the molecule is O=C(O)c1cn(CCNC(=O)c2cnc[nH]2)cn1. The predicted octanol–water partition coefficient (Wildman–Crippen LogP) is -0.266. The van der Waals surface area contributed by atoms with Gasteiger partial charge < -0.3 is 20.0 Å². The highest BCUT2D eigenvalue weighted by Crippen LogP contribution is 1.95. The number of carboxylic acid groups (broad SMARTS) is 1. The monoisotopic (exact) mass is 249 g/mol. The van der Waals surface area contributed by atoms with Crippen LogP contribution in [0.3, 0.4) is 0 Å². The van der Waals surface area contributed by atoms with Crippen LogP contribution in [-0.4, -0.2) is 43.0 Å². The highest BCUT2D eigenvalue weighted by atomic mass is 16.4. The molecule has 3 N–H and O–H groups in total. The number of nitrogens with one attached hydrogen (secondary N) is 2. The van der Waals surface area contributed by atoms with E-state index in [1.807, 2.05) is 0 Å². The summed E-state index contributed by atoms with van der Waals surface area (Å²) in [4.78, 5) is 32.2. The fourth-order valence-electron chi connectivity index (χ4n) is 1.37. The van der Waals surface area contributed by atoms with E-state index in [4.69, 9.17) is 5.11 Å². The Bertz CT molecular complexity index is 546. The van der Waals surface area contributed by atoms with Gasteiger partial charge in [0.1, 0.15) is 5.69 Å². The van der Waals surface area contributed by atoms with E-state index < -0.39 is 5.97 Å². The number of aromatic carboxylic acids is 1. The molecule has 0 aliphatic carbocycles. The van der Waals surface area contributed by atoms with Crippen LogP contribution >= 0.6 is 0 Å². The van der Waals surface area contributed by atoms with Gasteiger partial charge in [0.05, 0.1) is 18.9 Å². The summed E-state index contributed by atoms with van der Waals surface area (Å²) < 4.78 is 1.59. The first kappa shape index (κ1) is 11.8. The molecule has 1 amide bonds. The Kier molecular flexibility index (Phi) is 3.37. The first-order chi connectivity index (χ1) is 8.66. The summed E-state index contributed by atoms with van der Waals surface area (Å²) in [6.45, 7) is 0.813. The second-order valence-corrected chi connectivity index (χ2v) is 3.52. The number of aromatic nitrogens is 4. The highest BCUT2D eigenvalue weighted by molar-refractivity contribution is 5.91. The summed E-state index contributed by atoms with van der Waals surface area (Å²) >= 11 is 0. The molecule has 0 aliphatic rings. The summed E-state index contributed by atoms with van der Waals surface area (Å²) in [5.41, 5.74) is 0.363. The van der Waals surface area contributed by atoms with Crippen LogP contribution < -0.4 is 5.32 Å². The van der Waals surface area contributed by atoms with Gasteiger partial charge in [0.2, 0.25) is 0 Å². The molecule has 0 spiro atoms. The summed E-state index contributed by atoms with van der Waals surface area (Å²) in [5, 5.41) is 11.3. The second kappa shape index (κ2) is 5.13. The first-order valence-electron chi connectivity index (χ1n) is 5.18. The van der Waals surface area contributed by atoms with Crippen molar-refractivity contribution in [3.8, 4) is 0 Å². The molecule has 0 bridgehead atoms. The van der Waals surface area contributed by atoms with Gasteiger partial charge in [-0.2, -0.15) is 0 Å². The lowest BCUT2D eigenvalue weighted by atomic mass is 10.4. The molecule has 2 heterocycles. The maximum Gasteiger partial charge on any atom is 0.356 e. The standard InChI is InChI=1S/C10H11N5O3/c16-9(7-3-11-5-13-7)12-1-2-15-4-8(10(17)18)14-6-15/h3-6H,1-2H2,(H,11,13)(H,12,16)(H,17,18). The third-order valence-corrected chi connectivity index (χ3v) is 2.25. The molecule has 0 saturated heterocycles. The van der Waals surface area contributed by atoms with Crippen LogP contribution in [0.2, 0.25) is 0 Å². The van der Waals surface area contributed by atoms with Gasteiger partial charge in [0.25, 0.3) is 5.91 Å². The average Bonchev–Trinajstić information content (AvgIpc) is 3.00. The van der Waals surface area contributed by atoms with Crippen molar-refractivity contribution >= 4 is 11.9 Å². The molecule has 0 aliphatic heterocycles. The van der Waals surface area contributed by atoms with Crippen LogP contribution in [0.1, 0.15) is 21.0 Å². The van der Waals surface area contributed by atoms with E-state index in [1.54, 1.807) is 4.57 Å². The van der Waals surface area contributed by atoms with E-state index in [9.17, 15) is 9.59 Å². The summed E-state index contributed by atoms with van der Waals surface area (Å²) in [6.07, 6.45) is 5.66. The van der Waals surface area contributed by atoms with E-state index in [0.29, 0.717) is 18.8 Å². The minimum absolute atomic E-state index is 0.0186. The fraction of sp³-hybridized carbons (Fsp3) is 0.200. The van der Waals surface area contributed by atoms with Crippen LogP contribution in [0, 0.1) is 0 Å². The number of carbonyl (C=O) groups excluding carboxylic acids is 1. The van der Waals surface area contributed by atoms with Crippen molar-refractivity contribution in [2.24, 2.45) is 0 Å². The molecular weight excluding hydrogens is 238 g/mol. The lowest BCUT2D eigenvalue weighted by Gasteiger charge is -2.03. The van der Waals surface area contributed by atoms with Crippen molar-refractivity contribution in [3.63, 3.8) is 0 Å². The normalized spacial score (nSPS) is 10.2. The number of H-pyrrole nitrogens is 1. The van der Waals surface area contributed by atoms with E-state index in [-0.39, 0.29) is 11.6 Å². The number of rotatable bonds is 5. The van der Waals surface area contributed by atoms with Crippen LogP contribution in [0.15, 0.2) is 25.0 Å². The van der Waals surface area contributed by atoms with Crippen LogP contribution in [0.4, 0.5) is 0 Å². The molecule has 8 nitrogen and oxygen atoms in total.